The van der Waals surface area contributed by atoms with E-state index in [1.165, 1.54) is 11.3 Å². The number of hydrogen-bond acceptors (Lipinski definition) is 6. The second kappa shape index (κ2) is 8.21. The second-order valence-corrected chi connectivity index (χ2v) is 6.90. The van der Waals surface area contributed by atoms with Gasteiger partial charge in [0.1, 0.15) is 9.88 Å². The van der Waals surface area contributed by atoms with E-state index < -0.39 is 0 Å². The Balaban J connectivity index is 2.28. The van der Waals surface area contributed by atoms with E-state index in [-0.39, 0.29) is 11.8 Å². The number of thiazole rings is 1. The molecule has 0 aromatic carbocycles. The summed E-state index contributed by atoms with van der Waals surface area (Å²) in [5.41, 5.74) is 1.57. The average Bonchev–Trinajstić information content (AvgIpc) is 2.95. The van der Waals surface area contributed by atoms with Gasteiger partial charge in [0.2, 0.25) is 0 Å². The molecule has 0 bridgehead atoms. The summed E-state index contributed by atoms with van der Waals surface area (Å²) in [5, 5.41) is 0.769. The molecule has 2 aromatic rings. The van der Waals surface area contributed by atoms with Crippen LogP contribution < -0.4 is 0 Å². The van der Waals surface area contributed by atoms with Crippen LogP contribution in [0.25, 0.3) is 10.6 Å². The third kappa shape index (κ3) is 4.39. The Hall–Kier alpha value is -1.73. The fourth-order valence-corrected chi connectivity index (χ4v) is 3.62. The molecule has 1 amide bonds. The predicted molar refractivity (Wildman–Crippen MR) is 96.4 cm³/mol. The smallest absolute Gasteiger partial charge is 0.291 e. The van der Waals surface area contributed by atoms with Crippen LogP contribution >= 0.6 is 23.1 Å². The Morgan fingerprint density at radius 3 is 2.91 bits per heavy atom. The molecule has 0 radical (unpaired) electrons. The molecule has 0 spiro atoms. The summed E-state index contributed by atoms with van der Waals surface area (Å²) in [7, 11) is 1.55. The molecule has 1 unspecified atom stereocenters. The molecule has 5 nitrogen and oxygen atoms in total. The highest BCUT2D eigenvalue weighted by Gasteiger charge is 2.19. The van der Waals surface area contributed by atoms with Crippen molar-refractivity contribution in [3.63, 3.8) is 0 Å². The molecule has 0 saturated heterocycles. The number of carbonyl (C=O) groups is 1. The number of thioether (sulfide) groups is 1. The van der Waals surface area contributed by atoms with Gasteiger partial charge >= 0.3 is 0 Å². The van der Waals surface area contributed by atoms with Crippen molar-refractivity contribution in [3.05, 3.63) is 35.1 Å². The summed E-state index contributed by atoms with van der Waals surface area (Å²) in [6.45, 7) is 3.81. The first-order chi connectivity index (χ1) is 11.1. The van der Waals surface area contributed by atoms with Gasteiger partial charge in [-0.1, -0.05) is 6.92 Å². The Kier molecular flexibility index (Phi) is 6.29. The van der Waals surface area contributed by atoms with Crippen LogP contribution in [0.3, 0.4) is 0 Å². The number of pyridine rings is 1. The molecule has 0 saturated carbocycles. The maximum Gasteiger partial charge on any atom is 0.291 e. The van der Waals surface area contributed by atoms with Crippen molar-refractivity contribution in [2.45, 2.75) is 13.8 Å². The highest BCUT2D eigenvalue weighted by atomic mass is 32.2. The van der Waals surface area contributed by atoms with Gasteiger partial charge in [0.05, 0.1) is 12.8 Å². The van der Waals surface area contributed by atoms with Gasteiger partial charge in [0.15, 0.2) is 5.90 Å². The molecule has 7 heteroatoms. The molecule has 0 aliphatic heterocycles. The van der Waals surface area contributed by atoms with Gasteiger partial charge in [-0.2, -0.15) is 16.8 Å². The molecule has 2 heterocycles. The molecule has 0 aliphatic rings. The Bertz CT molecular complexity index is 699. The molecule has 0 fully saturated rings. The van der Waals surface area contributed by atoms with Gasteiger partial charge in [-0.05, 0) is 25.3 Å². The summed E-state index contributed by atoms with van der Waals surface area (Å²) in [6.07, 6.45) is 5.45. The van der Waals surface area contributed by atoms with Crippen molar-refractivity contribution in [2.24, 2.45) is 10.9 Å². The lowest BCUT2D eigenvalue weighted by Crippen LogP contribution is -2.17. The first kappa shape index (κ1) is 17.6. The van der Waals surface area contributed by atoms with Crippen LogP contribution in [0.5, 0.6) is 0 Å². The summed E-state index contributed by atoms with van der Waals surface area (Å²) in [4.78, 5) is 25.7. The third-order valence-corrected chi connectivity index (χ3v) is 5.19. The zero-order chi connectivity index (χ0) is 16.8. The predicted octanol–water partition coefficient (Wildman–Crippen LogP) is 3.70. The highest BCUT2D eigenvalue weighted by molar-refractivity contribution is 7.98. The van der Waals surface area contributed by atoms with E-state index in [0.717, 1.165) is 16.3 Å². The second-order valence-electron chi connectivity index (χ2n) is 4.99. The van der Waals surface area contributed by atoms with E-state index in [2.05, 4.69) is 15.0 Å². The maximum atomic E-state index is 12.5. The standard InChI is InChI=1S/C16H19N3O2S2/c1-10(9-22-4)15(21-3)19-14(20)13-11(2)18-16(23-13)12-6-5-7-17-8-12/h5-8,10H,9H2,1-4H3. The van der Waals surface area contributed by atoms with Gasteiger partial charge in [0.25, 0.3) is 5.91 Å². The maximum absolute atomic E-state index is 12.5. The van der Waals surface area contributed by atoms with E-state index in [4.69, 9.17) is 4.74 Å². The largest absolute Gasteiger partial charge is 0.484 e. The zero-order valence-corrected chi connectivity index (χ0v) is 15.2. The number of ether oxygens (including phenoxy) is 1. The molecule has 23 heavy (non-hydrogen) atoms. The fourth-order valence-electron chi connectivity index (χ4n) is 2.04. The minimum atomic E-state index is -0.306. The van der Waals surface area contributed by atoms with Gasteiger partial charge in [-0.25, -0.2) is 4.98 Å². The molecular weight excluding hydrogens is 330 g/mol. The number of nitrogens with zero attached hydrogens (tertiary/aromatic N) is 3. The quantitative estimate of drug-likeness (QED) is 0.608. The van der Waals surface area contributed by atoms with Crippen LogP contribution in [-0.2, 0) is 4.74 Å². The van der Waals surface area contributed by atoms with Crippen molar-refractivity contribution in [2.75, 3.05) is 19.1 Å². The van der Waals surface area contributed by atoms with Crippen LogP contribution in [0.4, 0.5) is 0 Å². The van der Waals surface area contributed by atoms with E-state index >= 15 is 0 Å². The van der Waals surface area contributed by atoms with Gasteiger partial charge in [-0.15, -0.1) is 11.3 Å². The molecule has 122 valence electrons. The number of methoxy groups -OCH3 is 1. The molecular formula is C16H19N3O2S2. The monoisotopic (exact) mass is 349 g/mol. The number of aryl methyl sites for hydroxylation is 1. The fraction of sp³-hybridized carbons (Fsp3) is 0.375. The van der Waals surface area contributed by atoms with Crippen LogP contribution in [0.15, 0.2) is 29.5 Å². The summed E-state index contributed by atoms with van der Waals surface area (Å²) >= 11 is 3.02. The number of rotatable bonds is 5. The van der Waals surface area contributed by atoms with Crippen molar-refractivity contribution in [1.29, 1.82) is 0 Å². The van der Waals surface area contributed by atoms with E-state index in [9.17, 15) is 4.79 Å². The third-order valence-electron chi connectivity index (χ3n) is 3.16. The Morgan fingerprint density at radius 1 is 1.52 bits per heavy atom. The highest BCUT2D eigenvalue weighted by Crippen LogP contribution is 2.28. The SMILES string of the molecule is COC(=NC(=O)c1sc(-c2cccnc2)nc1C)C(C)CSC. The van der Waals surface area contributed by atoms with Gasteiger partial charge < -0.3 is 4.74 Å². The normalized spacial score (nSPS) is 13.0. The van der Waals surface area contributed by atoms with Crippen LogP contribution in [-0.4, -0.2) is 40.9 Å². The number of carbonyl (C=O) groups excluding carboxylic acids is 1. The molecule has 2 rings (SSSR count). The summed E-state index contributed by atoms with van der Waals surface area (Å²) in [6, 6.07) is 3.77. The minimum absolute atomic E-state index is 0.0879. The van der Waals surface area contributed by atoms with Crippen LogP contribution in [0.1, 0.15) is 22.3 Å². The zero-order valence-electron chi connectivity index (χ0n) is 13.6. The number of aromatic nitrogens is 2. The topological polar surface area (TPSA) is 64.4 Å². The van der Waals surface area contributed by atoms with Crippen LogP contribution in [0, 0.1) is 12.8 Å². The van der Waals surface area contributed by atoms with E-state index in [0.29, 0.717) is 16.5 Å². The van der Waals surface area contributed by atoms with Crippen molar-refractivity contribution < 1.29 is 9.53 Å². The molecule has 0 N–H and O–H groups in total. The number of aliphatic imine (C=N–C) groups is 1. The number of amides is 1. The van der Waals surface area contributed by atoms with E-state index in [1.54, 1.807) is 31.3 Å². The Labute approximate surface area is 144 Å². The van der Waals surface area contributed by atoms with Crippen molar-refractivity contribution >= 4 is 34.9 Å². The first-order valence-electron chi connectivity index (χ1n) is 7.10. The van der Waals surface area contributed by atoms with Crippen molar-refractivity contribution in [1.82, 2.24) is 9.97 Å². The number of hydrogen-bond donors (Lipinski definition) is 0. The summed E-state index contributed by atoms with van der Waals surface area (Å²) in [5.74, 6) is 1.09. The van der Waals surface area contributed by atoms with E-state index in [1.807, 2.05) is 32.2 Å². The molecule has 1 atom stereocenters. The lowest BCUT2D eigenvalue weighted by molar-refractivity contribution is 0.100. The van der Waals surface area contributed by atoms with Gasteiger partial charge in [0, 0.05) is 29.6 Å². The van der Waals surface area contributed by atoms with Crippen molar-refractivity contribution in [3.8, 4) is 10.6 Å². The molecule has 0 aliphatic carbocycles. The average molecular weight is 349 g/mol. The lowest BCUT2D eigenvalue weighted by atomic mass is 10.2. The minimum Gasteiger partial charge on any atom is -0.484 e. The first-order valence-corrected chi connectivity index (χ1v) is 9.31. The Morgan fingerprint density at radius 2 is 2.30 bits per heavy atom. The lowest BCUT2D eigenvalue weighted by Gasteiger charge is -2.11. The van der Waals surface area contributed by atoms with Crippen LogP contribution in [0.2, 0.25) is 0 Å². The molecule has 2 aromatic heterocycles. The van der Waals surface area contributed by atoms with Gasteiger partial charge in [-0.3, -0.25) is 9.78 Å². The summed E-state index contributed by atoms with van der Waals surface area (Å²) < 4.78 is 5.28.